The summed E-state index contributed by atoms with van der Waals surface area (Å²) in [7, 11) is 2.04. The molecule has 1 saturated heterocycles. The predicted molar refractivity (Wildman–Crippen MR) is 167 cm³/mol. The average Bonchev–Trinajstić information content (AvgIpc) is 3.25. The third kappa shape index (κ3) is 10.5. The first-order valence-corrected chi connectivity index (χ1v) is 15.9. The Morgan fingerprint density at radius 1 is 0.907 bits per heavy atom. The second kappa shape index (κ2) is 15.5. The van der Waals surface area contributed by atoms with Gasteiger partial charge in [-0.2, -0.15) is 0 Å². The lowest BCUT2D eigenvalue weighted by molar-refractivity contribution is -0.137. The molecule has 1 saturated carbocycles. The van der Waals surface area contributed by atoms with Gasteiger partial charge in [0.25, 0.3) is 0 Å². The Morgan fingerprint density at radius 2 is 1.49 bits per heavy atom. The topological polar surface area (TPSA) is 120 Å². The number of benzene rings is 1. The van der Waals surface area contributed by atoms with Crippen molar-refractivity contribution in [3.05, 3.63) is 35.4 Å². The fourth-order valence-corrected chi connectivity index (χ4v) is 5.86. The molecular formula is C33H53N5O5. The standard InChI is InChI=1S/C33H53N5O5/c1-7-28(39)35-27(29(40)38-20-18-37(6)19-21-38)22-24-14-16-25(17-15-24)23-34-30(41)33(5,26-12-10-8-9-11-13-26)36-31(42)43-32(2,3)4/h14-17,26-27H,7-13,18-23H2,1-6H3,(H,34,41)(H,35,39)(H,36,42)/t27-,33-/m1/s1. The SMILES string of the molecule is CCC(=O)N[C@H](Cc1ccc(CNC(=O)[C@](C)(NC(=O)OC(C)(C)C)C2CCCCCC2)cc1)C(=O)N1CCN(C)CC1. The van der Waals surface area contributed by atoms with E-state index in [4.69, 9.17) is 4.74 Å². The van der Waals surface area contributed by atoms with Crippen molar-refractivity contribution in [2.24, 2.45) is 5.92 Å². The van der Waals surface area contributed by atoms with Crippen LogP contribution in [0.25, 0.3) is 0 Å². The van der Waals surface area contributed by atoms with Crippen molar-refractivity contribution in [1.29, 1.82) is 0 Å². The van der Waals surface area contributed by atoms with Crippen LogP contribution >= 0.6 is 0 Å². The predicted octanol–water partition coefficient (Wildman–Crippen LogP) is 3.77. The largest absolute Gasteiger partial charge is 0.444 e. The van der Waals surface area contributed by atoms with Gasteiger partial charge in [-0.25, -0.2) is 4.79 Å². The molecule has 1 heterocycles. The zero-order valence-electron chi connectivity index (χ0n) is 27.1. The summed E-state index contributed by atoms with van der Waals surface area (Å²) in [5, 5.41) is 8.90. The number of ether oxygens (including phenoxy) is 1. The molecule has 0 bridgehead atoms. The van der Waals surface area contributed by atoms with E-state index in [1.165, 1.54) is 0 Å². The maximum Gasteiger partial charge on any atom is 0.408 e. The first kappa shape index (κ1) is 34.4. The Hall–Kier alpha value is -3.14. The molecule has 2 fully saturated rings. The highest BCUT2D eigenvalue weighted by Gasteiger charge is 2.43. The van der Waals surface area contributed by atoms with Crippen molar-refractivity contribution in [1.82, 2.24) is 25.8 Å². The van der Waals surface area contributed by atoms with Crippen LogP contribution in [0.15, 0.2) is 24.3 Å². The number of nitrogens with one attached hydrogen (secondary N) is 3. The van der Waals surface area contributed by atoms with Crippen molar-refractivity contribution in [3.63, 3.8) is 0 Å². The molecule has 240 valence electrons. The lowest BCUT2D eigenvalue weighted by Crippen LogP contribution is -2.61. The van der Waals surface area contributed by atoms with Crippen LogP contribution in [-0.2, 0) is 32.1 Å². The number of nitrogens with zero attached hydrogens (tertiary/aromatic N) is 2. The molecule has 0 radical (unpaired) electrons. The summed E-state index contributed by atoms with van der Waals surface area (Å²) in [6.45, 7) is 12.2. The molecular weight excluding hydrogens is 546 g/mol. The highest BCUT2D eigenvalue weighted by molar-refractivity contribution is 5.90. The Balaban J connectivity index is 1.66. The number of likely N-dealkylation sites (N-methyl/N-ethyl adjacent to an activating group) is 1. The molecule has 1 aliphatic heterocycles. The first-order chi connectivity index (χ1) is 20.3. The van der Waals surface area contributed by atoms with Gasteiger partial charge >= 0.3 is 6.09 Å². The summed E-state index contributed by atoms with van der Waals surface area (Å²) in [6.07, 6.45) is 6.19. The number of hydrogen-bond donors (Lipinski definition) is 3. The molecule has 2 atom stereocenters. The summed E-state index contributed by atoms with van der Waals surface area (Å²) >= 11 is 0. The van der Waals surface area contributed by atoms with Crippen molar-refractivity contribution in [2.75, 3.05) is 33.2 Å². The van der Waals surface area contributed by atoms with Gasteiger partial charge in [0.2, 0.25) is 17.7 Å². The number of rotatable bonds is 10. The Labute approximate surface area is 257 Å². The van der Waals surface area contributed by atoms with Crippen molar-refractivity contribution in [3.8, 4) is 0 Å². The summed E-state index contributed by atoms with van der Waals surface area (Å²) in [4.78, 5) is 56.0. The molecule has 1 aromatic carbocycles. The Kier molecular flexibility index (Phi) is 12.4. The van der Waals surface area contributed by atoms with Crippen LogP contribution < -0.4 is 16.0 Å². The molecule has 2 aliphatic rings. The van der Waals surface area contributed by atoms with Gasteiger partial charge in [0.05, 0.1) is 0 Å². The van der Waals surface area contributed by atoms with Gasteiger partial charge in [-0.3, -0.25) is 14.4 Å². The van der Waals surface area contributed by atoms with Crippen molar-refractivity contribution in [2.45, 2.75) is 110 Å². The Bertz CT molecular complexity index is 1090. The van der Waals surface area contributed by atoms with Crippen LogP contribution in [-0.4, -0.2) is 84.0 Å². The average molecular weight is 600 g/mol. The van der Waals surface area contributed by atoms with E-state index in [1.807, 2.05) is 63.9 Å². The van der Waals surface area contributed by atoms with Gasteiger partial charge < -0.3 is 30.5 Å². The summed E-state index contributed by atoms with van der Waals surface area (Å²) in [5.41, 5.74) is 0.0621. The van der Waals surface area contributed by atoms with Crippen LogP contribution in [0.3, 0.4) is 0 Å². The first-order valence-electron chi connectivity index (χ1n) is 15.9. The molecule has 1 aliphatic carbocycles. The van der Waals surface area contributed by atoms with Gasteiger partial charge in [0.15, 0.2) is 0 Å². The highest BCUT2D eigenvalue weighted by atomic mass is 16.6. The van der Waals surface area contributed by atoms with E-state index in [1.54, 1.807) is 6.92 Å². The van der Waals surface area contributed by atoms with E-state index < -0.39 is 23.3 Å². The van der Waals surface area contributed by atoms with Gasteiger partial charge in [-0.1, -0.05) is 56.9 Å². The van der Waals surface area contributed by atoms with E-state index in [0.717, 1.165) is 62.7 Å². The summed E-state index contributed by atoms with van der Waals surface area (Å²) < 4.78 is 5.52. The van der Waals surface area contributed by atoms with Crippen LogP contribution in [0.4, 0.5) is 4.79 Å². The molecule has 10 heteroatoms. The van der Waals surface area contributed by atoms with Gasteiger partial charge in [0.1, 0.15) is 17.2 Å². The van der Waals surface area contributed by atoms with E-state index in [2.05, 4.69) is 20.9 Å². The maximum atomic E-state index is 13.7. The molecule has 3 N–H and O–H groups in total. The fourth-order valence-electron chi connectivity index (χ4n) is 5.86. The zero-order valence-corrected chi connectivity index (χ0v) is 27.1. The fraction of sp³-hybridized carbons (Fsp3) is 0.697. The molecule has 43 heavy (non-hydrogen) atoms. The quantitative estimate of drug-likeness (QED) is 0.352. The maximum absolute atomic E-state index is 13.7. The van der Waals surface area contributed by atoms with Crippen molar-refractivity contribution < 1.29 is 23.9 Å². The Morgan fingerprint density at radius 3 is 2.05 bits per heavy atom. The molecule has 10 nitrogen and oxygen atoms in total. The van der Waals surface area contributed by atoms with Crippen LogP contribution in [0.5, 0.6) is 0 Å². The lowest BCUT2D eigenvalue weighted by atomic mass is 9.79. The number of hydrogen-bond acceptors (Lipinski definition) is 6. The molecule has 0 spiro atoms. The number of amides is 4. The summed E-state index contributed by atoms with van der Waals surface area (Å²) in [6, 6.07) is 7.11. The monoisotopic (exact) mass is 599 g/mol. The zero-order chi connectivity index (χ0) is 31.6. The minimum absolute atomic E-state index is 0.0120. The third-order valence-corrected chi connectivity index (χ3v) is 8.59. The number of carbonyl (C=O) groups excluding carboxylic acids is 4. The number of piperazine rings is 1. The van der Waals surface area contributed by atoms with E-state index in [9.17, 15) is 19.2 Å². The molecule has 3 rings (SSSR count). The minimum atomic E-state index is -1.10. The molecule has 0 aromatic heterocycles. The van der Waals surface area contributed by atoms with E-state index >= 15 is 0 Å². The van der Waals surface area contributed by atoms with Gasteiger partial charge in [0, 0.05) is 45.6 Å². The highest BCUT2D eigenvalue weighted by Crippen LogP contribution is 2.32. The van der Waals surface area contributed by atoms with Gasteiger partial charge in [-0.15, -0.1) is 0 Å². The molecule has 1 aromatic rings. The van der Waals surface area contributed by atoms with E-state index in [0.29, 0.717) is 32.5 Å². The lowest BCUT2D eigenvalue weighted by Gasteiger charge is -2.37. The minimum Gasteiger partial charge on any atom is -0.444 e. The van der Waals surface area contributed by atoms with Crippen molar-refractivity contribution >= 4 is 23.8 Å². The van der Waals surface area contributed by atoms with Crippen LogP contribution in [0.2, 0.25) is 0 Å². The van der Waals surface area contributed by atoms with E-state index in [-0.39, 0.29) is 23.6 Å². The second-order valence-corrected chi connectivity index (χ2v) is 13.3. The molecule has 4 amide bonds. The second-order valence-electron chi connectivity index (χ2n) is 13.3. The van der Waals surface area contributed by atoms with Crippen LogP contribution in [0.1, 0.15) is 90.7 Å². The third-order valence-electron chi connectivity index (χ3n) is 8.59. The normalized spacial score (nSPS) is 19.0. The molecule has 0 unspecified atom stereocenters. The smallest absolute Gasteiger partial charge is 0.408 e. The number of carbonyl (C=O) groups is 4. The van der Waals surface area contributed by atoms with Gasteiger partial charge in [-0.05, 0) is 64.6 Å². The summed E-state index contributed by atoms with van der Waals surface area (Å²) in [5.74, 6) is -0.419. The number of alkyl carbamates (subject to hydrolysis) is 1. The van der Waals surface area contributed by atoms with Crippen LogP contribution in [0, 0.1) is 5.92 Å².